The standard InChI is InChI=1S/C20H21NO3S2/c1-14(19(23)24)25-17-10-6-5-9-16(17)18(22)21-13-20(11-12-20)26-15-7-3-2-4-8-15/h2-10,14H,11-13H2,1H3,(H,21,22)(H,23,24). The Kier molecular flexibility index (Phi) is 5.94. The van der Waals surface area contributed by atoms with E-state index in [1.807, 2.05) is 36.0 Å². The van der Waals surface area contributed by atoms with E-state index in [-0.39, 0.29) is 10.7 Å². The van der Waals surface area contributed by atoms with Crippen molar-refractivity contribution in [1.29, 1.82) is 0 Å². The first kappa shape index (κ1) is 18.9. The lowest BCUT2D eigenvalue weighted by Crippen LogP contribution is -2.32. The largest absolute Gasteiger partial charge is 0.480 e. The van der Waals surface area contributed by atoms with E-state index in [0.29, 0.717) is 17.0 Å². The van der Waals surface area contributed by atoms with Crippen molar-refractivity contribution in [1.82, 2.24) is 5.32 Å². The summed E-state index contributed by atoms with van der Waals surface area (Å²) in [5.74, 6) is -1.04. The van der Waals surface area contributed by atoms with E-state index in [1.165, 1.54) is 16.7 Å². The minimum Gasteiger partial charge on any atom is -0.480 e. The average molecular weight is 388 g/mol. The molecule has 1 fully saturated rings. The van der Waals surface area contributed by atoms with Crippen molar-refractivity contribution in [3.8, 4) is 0 Å². The van der Waals surface area contributed by atoms with Crippen LogP contribution in [-0.2, 0) is 4.79 Å². The van der Waals surface area contributed by atoms with Crippen molar-refractivity contribution < 1.29 is 14.7 Å². The Morgan fingerprint density at radius 2 is 1.77 bits per heavy atom. The molecule has 1 amide bonds. The first-order valence-corrected chi connectivity index (χ1v) is 10.2. The van der Waals surface area contributed by atoms with Gasteiger partial charge in [-0.1, -0.05) is 30.3 Å². The molecular weight excluding hydrogens is 366 g/mol. The summed E-state index contributed by atoms with van der Waals surface area (Å²) in [6.07, 6.45) is 2.17. The zero-order valence-electron chi connectivity index (χ0n) is 14.5. The van der Waals surface area contributed by atoms with Gasteiger partial charge in [0.2, 0.25) is 0 Å². The number of carboxylic acids is 1. The number of carbonyl (C=O) groups is 2. The van der Waals surface area contributed by atoms with E-state index >= 15 is 0 Å². The zero-order valence-corrected chi connectivity index (χ0v) is 16.1. The van der Waals surface area contributed by atoms with Gasteiger partial charge in [-0.3, -0.25) is 9.59 Å². The highest BCUT2D eigenvalue weighted by Gasteiger charge is 2.44. The van der Waals surface area contributed by atoms with Gasteiger partial charge in [-0.25, -0.2) is 0 Å². The molecule has 2 aromatic carbocycles. The van der Waals surface area contributed by atoms with Gasteiger partial charge in [0.05, 0.1) is 5.56 Å². The maximum Gasteiger partial charge on any atom is 0.316 e. The quantitative estimate of drug-likeness (QED) is 0.661. The molecule has 0 radical (unpaired) electrons. The summed E-state index contributed by atoms with van der Waals surface area (Å²) < 4.78 is 0.0768. The van der Waals surface area contributed by atoms with E-state index in [2.05, 4.69) is 17.4 Å². The Bertz CT molecular complexity index is 791. The molecule has 1 saturated carbocycles. The molecule has 0 heterocycles. The van der Waals surface area contributed by atoms with Gasteiger partial charge in [0.25, 0.3) is 5.91 Å². The highest BCUT2D eigenvalue weighted by Crippen LogP contribution is 2.51. The summed E-state index contributed by atoms with van der Waals surface area (Å²) in [5, 5.41) is 11.5. The average Bonchev–Trinajstić information content (AvgIpc) is 3.40. The van der Waals surface area contributed by atoms with Crippen LogP contribution in [0.3, 0.4) is 0 Å². The maximum absolute atomic E-state index is 12.7. The molecule has 1 atom stereocenters. The number of carbonyl (C=O) groups excluding carboxylic acids is 1. The number of hydrogen-bond donors (Lipinski definition) is 2. The Morgan fingerprint density at radius 1 is 1.12 bits per heavy atom. The third-order valence-electron chi connectivity index (χ3n) is 4.24. The summed E-state index contributed by atoms with van der Waals surface area (Å²) in [5.41, 5.74) is 0.533. The summed E-state index contributed by atoms with van der Waals surface area (Å²) in [7, 11) is 0. The van der Waals surface area contributed by atoms with Crippen molar-refractivity contribution in [3.05, 3.63) is 60.2 Å². The molecule has 2 N–H and O–H groups in total. The molecule has 0 aromatic heterocycles. The predicted molar refractivity (Wildman–Crippen MR) is 106 cm³/mol. The number of amides is 1. The number of thioether (sulfide) groups is 2. The Labute approximate surface area is 161 Å². The van der Waals surface area contributed by atoms with Crippen LogP contribution in [0.4, 0.5) is 0 Å². The number of rotatable bonds is 8. The number of benzene rings is 2. The van der Waals surface area contributed by atoms with Gasteiger partial charge in [-0.15, -0.1) is 23.5 Å². The van der Waals surface area contributed by atoms with E-state index in [4.69, 9.17) is 5.11 Å². The number of carboxylic acid groups (broad SMARTS) is 1. The zero-order chi connectivity index (χ0) is 18.6. The van der Waals surface area contributed by atoms with Gasteiger partial charge >= 0.3 is 5.97 Å². The van der Waals surface area contributed by atoms with E-state index in [1.54, 1.807) is 25.1 Å². The molecule has 1 aliphatic carbocycles. The molecule has 4 nitrogen and oxygen atoms in total. The fourth-order valence-electron chi connectivity index (χ4n) is 2.53. The number of hydrogen-bond acceptors (Lipinski definition) is 4. The van der Waals surface area contributed by atoms with Crippen molar-refractivity contribution in [3.63, 3.8) is 0 Å². The van der Waals surface area contributed by atoms with Gasteiger partial charge < -0.3 is 10.4 Å². The monoisotopic (exact) mass is 387 g/mol. The van der Waals surface area contributed by atoms with Gasteiger partial charge in [0.15, 0.2) is 0 Å². The molecular formula is C20H21NO3S2. The Balaban J connectivity index is 1.63. The summed E-state index contributed by atoms with van der Waals surface area (Å²) >= 11 is 3.01. The topological polar surface area (TPSA) is 66.4 Å². The minimum atomic E-state index is -0.888. The smallest absolute Gasteiger partial charge is 0.316 e. The second kappa shape index (κ2) is 8.18. The van der Waals surface area contributed by atoms with Crippen LogP contribution in [-0.4, -0.2) is 33.5 Å². The predicted octanol–water partition coefficient (Wildman–Crippen LogP) is 4.31. The second-order valence-electron chi connectivity index (χ2n) is 6.38. The van der Waals surface area contributed by atoms with Gasteiger partial charge in [-0.05, 0) is 44.0 Å². The fraction of sp³-hybridized carbons (Fsp3) is 0.300. The molecule has 0 bridgehead atoms. The Morgan fingerprint density at radius 3 is 2.42 bits per heavy atom. The fourth-order valence-corrected chi connectivity index (χ4v) is 4.70. The lowest BCUT2D eigenvalue weighted by atomic mass is 10.2. The van der Waals surface area contributed by atoms with E-state index in [9.17, 15) is 9.59 Å². The van der Waals surface area contributed by atoms with Crippen LogP contribution >= 0.6 is 23.5 Å². The highest BCUT2D eigenvalue weighted by molar-refractivity contribution is 8.01. The van der Waals surface area contributed by atoms with E-state index in [0.717, 1.165) is 12.8 Å². The molecule has 1 unspecified atom stereocenters. The van der Waals surface area contributed by atoms with Crippen LogP contribution in [0.5, 0.6) is 0 Å². The van der Waals surface area contributed by atoms with Gasteiger partial charge in [-0.2, -0.15) is 0 Å². The number of nitrogens with one attached hydrogen (secondary N) is 1. The molecule has 2 aromatic rings. The van der Waals surface area contributed by atoms with Crippen LogP contribution in [0.25, 0.3) is 0 Å². The second-order valence-corrected chi connectivity index (χ2v) is 9.30. The Hall–Kier alpha value is -1.92. The molecule has 0 aliphatic heterocycles. The van der Waals surface area contributed by atoms with Crippen molar-refractivity contribution in [2.75, 3.05) is 6.54 Å². The summed E-state index contributed by atoms with van der Waals surface area (Å²) in [6, 6.07) is 17.4. The van der Waals surface area contributed by atoms with Crippen LogP contribution in [0.15, 0.2) is 64.4 Å². The van der Waals surface area contributed by atoms with Gasteiger partial charge in [0.1, 0.15) is 5.25 Å². The molecule has 3 rings (SSSR count). The molecule has 26 heavy (non-hydrogen) atoms. The van der Waals surface area contributed by atoms with Crippen LogP contribution < -0.4 is 5.32 Å². The first-order chi connectivity index (χ1) is 12.5. The third-order valence-corrected chi connectivity index (χ3v) is 6.90. The summed E-state index contributed by atoms with van der Waals surface area (Å²) in [6.45, 7) is 2.23. The normalized spacial score (nSPS) is 15.9. The lowest BCUT2D eigenvalue weighted by molar-refractivity contribution is -0.136. The van der Waals surface area contributed by atoms with Crippen LogP contribution in [0.1, 0.15) is 30.1 Å². The maximum atomic E-state index is 12.7. The lowest BCUT2D eigenvalue weighted by Gasteiger charge is -2.17. The van der Waals surface area contributed by atoms with Crippen LogP contribution in [0.2, 0.25) is 0 Å². The van der Waals surface area contributed by atoms with E-state index < -0.39 is 11.2 Å². The van der Waals surface area contributed by atoms with Crippen molar-refractivity contribution in [2.45, 2.75) is 39.6 Å². The highest BCUT2D eigenvalue weighted by atomic mass is 32.2. The minimum absolute atomic E-state index is 0.0768. The molecule has 1 aliphatic rings. The summed E-state index contributed by atoms with van der Waals surface area (Å²) in [4.78, 5) is 25.7. The van der Waals surface area contributed by atoms with Gasteiger partial charge in [0, 0.05) is 21.1 Å². The SMILES string of the molecule is CC(Sc1ccccc1C(=O)NCC1(Sc2ccccc2)CC1)C(=O)O. The molecule has 0 spiro atoms. The third kappa shape index (κ3) is 4.83. The van der Waals surface area contributed by atoms with Crippen LogP contribution in [0, 0.1) is 0 Å². The first-order valence-electron chi connectivity index (χ1n) is 8.50. The molecule has 6 heteroatoms. The molecule has 136 valence electrons. The number of aliphatic carboxylic acids is 1. The van der Waals surface area contributed by atoms with Crippen molar-refractivity contribution in [2.24, 2.45) is 0 Å². The van der Waals surface area contributed by atoms with Crippen molar-refractivity contribution >= 4 is 35.4 Å². The molecule has 0 saturated heterocycles.